The van der Waals surface area contributed by atoms with Crippen molar-refractivity contribution in [3.63, 3.8) is 0 Å². The van der Waals surface area contributed by atoms with Crippen molar-refractivity contribution in [2.24, 2.45) is 0 Å². The fourth-order valence-corrected chi connectivity index (χ4v) is 10.1. The van der Waals surface area contributed by atoms with Crippen LogP contribution in [-0.2, 0) is 5.41 Å². The molecule has 0 saturated carbocycles. The molecule has 0 atom stereocenters. The monoisotopic (exact) mass is 774 g/mol. The molecule has 10 aromatic carbocycles. The number of aromatic nitrogens is 2. The summed E-state index contributed by atoms with van der Waals surface area (Å²) in [5.74, 6) is 0.710. The highest BCUT2D eigenvalue weighted by Gasteiger charge is 2.46. The van der Waals surface area contributed by atoms with Crippen LogP contribution in [0.4, 0.5) is 0 Å². The molecule has 61 heavy (non-hydrogen) atoms. The summed E-state index contributed by atoms with van der Waals surface area (Å²) in [6.07, 6.45) is 0. The highest BCUT2D eigenvalue weighted by molar-refractivity contribution is 6.28. The van der Waals surface area contributed by atoms with Gasteiger partial charge in [0.15, 0.2) is 5.82 Å². The molecule has 1 aliphatic rings. The van der Waals surface area contributed by atoms with Gasteiger partial charge in [0.2, 0.25) is 0 Å². The number of rotatable bonds is 6. The molecule has 2 nitrogen and oxygen atoms in total. The van der Waals surface area contributed by atoms with Gasteiger partial charge < -0.3 is 0 Å². The Morgan fingerprint density at radius 1 is 0.279 bits per heavy atom. The molecule has 0 spiro atoms. The van der Waals surface area contributed by atoms with Crippen LogP contribution in [0.25, 0.3) is 88.5 Å². The van der Waals surface area contributed by atoms with E-state index in [1.54, 1.807) is 0 Å². The standard InChI is InChI=1S/C59H38N2/c1-5-18-39(19-6-1)55-38-56(61-58(60-55)40-20-7-2-8-21-40)51-30-17-29-49-45-26-13-14-27-46(45)52-36-41(33-35-50(52)57(49)51)42-32-34-48-47-28-15-16-31-53(47)59(54(48)37-42,43-22-9-3-10-23-43)44-24-11-4-12-25-44/h1-38H. The lowest BCUT2D eigenvalue weighted by atomic mass is 9.67. The predicted octanol–water partition coefficient (Wildman–Crippen LogP) is 15.0. The smallest absolute Gasteiger partial charge is 0.160 e. The van der Waals surface area contributed by atoms with Crippen molar-refractivity contribution < 1.29 is 0 Å². The number of nitrogens with zero attached hydrogens (tertiary/aromatic N) is 2. The van der Waals surface area contributed by atoms with Crippen LogP contribution in [0.3, 0.4) is 0 Å². The van der Waals surface area contributed by atoms with Crippen LogP contribution in [-0.4, -0.2) is 9.97 Å². The first-order valence-electron chi connectivity index (χ1n) is 21.0. The average molecular weight is 775 g/mol. The largest absolute Gasteiger partial charge is 0.228 e. The normalized spacial score (nSPS) is 12.7. The molecule has 0 radical (unpaired) electrons. The lowest BCUT2D eigenvalue weighted by Gasteiger charge is -2.34. The predicted molar refractivity (Wildman–Crippen MR) is 254 cm³/mol. The quantitative estimate of drug-likeness (QED) is 0.157. The van der Waals surface area contributed by atoms with Crippen molar-refractivity contribution >= 4 is 32.3 Å². The molecule has 284 valence electrons. The summed E-state index contributed by atoms with van der Waals surface area (Å²) in [5, 5.41) is 7.27. The maximum absolute atomic E-state index is 5.30. The van der Waals surface area contributed by atoms with Gasteiger partial charge in [-0.1, -0.05) is 212 Å². The molecule has 0 fully saturated rings. The van der Waals surface area contributed by atoms with Crippen LogP contribution in [0.15, 0.2) is 231 Å². The fraction of sp³-hybridized carbons (Fsp3) is 0.0169. The van der Waals surface area contributed by atoms with Crippen LogP contribution in [0.5, 0.6) is 0 Å². The SMILES string of the molecule is c1ccc(-c2cc(-c3cccc4c5ccccc5c5cc(-c6ccc7c(c6)C(c6ccccc6)(c6ccccc6)c6ccccc6-7)ccc5c34)nc(-c3ccccc3)n2)cc1. The number of fused-ring (bicyclic) bond motifs is 9. The van der Waals surface area contributed by atoms with Crippen LogP contribution in [0.1, 0.15) is 22.3 Å². The average Bonchev–Trinajstić information content (AvgIpc) is 3.65. The zero-order chi connectivity index (χ0) is 40.3. The molecule has 12 rings (SSSR count). The molecule has 2 heteroatoms. The van der Waals surface area contributed by atoms with Gasteiger partial charge in [-0.2, -0.15) is 0 Å². The number of hydrogen-bond acceptors (Lipinski definition) is 2. The molecule has 11 aromatic rings. The highest BCUT2D eigenvalue weighted by atomic mass is 14.9. The second-order valence-electron chi connectivity index (χ2n) is 16.0. The van der Waals surface area contributed by atoms with Gasteiger partial charge >= 0.3 is 0 Å². The molecule has 0 amide bonds. The van der Waals surface area contributed by atoms with E-state index in [1.165, 1.54) is 76.8 Å². The van der Waals surface area contributed by atoms with Gasteiger partial charge in [-0.15, -0.1) is 0 Å². The van der Waals surface area contributed by atoms with Gasteiger partial charge in [-0.05, 0) is 95.0 Å². The van der Waals surface area contributed by atoms with Crippen molar-refractivity contribution in [1.82, 2.24) is 9.97 Å². The van der Waals surface area contributed by atoms with E-state index in [2.05, 4.69) is 206 Å². The minimum atomic E-state index is -0.464. The van der Waals surface area contributed by atoms with Crippen LogP contribution >= 0.6 is 0 Å². The van der Waals surface area contributed by atoms with E-state index in [0.29, 0.717) is 5.82 Å². The Balaban J connectivity index is 1.10. The van der Waals surface area contributed by atoms with Crippen molar-refractivity contribution in [2.45, 2.75) is 5.41 Å². The van der Waals surface area contributed by atoms with Crippen LogP contribution in [0, 0.1) is 0 Å². The first-order chi connectivity index (χ1) is 30.3. The number of hydrogen-bond donors (Lipinski definition) is 0. The Labute approximate surface area is 355 Å². The molecule has 0 saturated heterocycles. The van der Waals surface area contributed by atoms with Gasteiger partial charge in [0.05, 0.1) is 16.8 Å². The summed E-state index contributed by atoms with van der Waals surface area (Å²) in [4.78, 5) is 10.4. The van der Waals surface area contributed by atoms with Crippen LogP contribution in [0.2, 0.25) is 0 Å². The van der Waals surface area contributed by atoms with Crippen molar-refractivity contribution in [3.8, 4) is 56.2 Å². The first kappa shape index (κ1) is 35.0. The van der Waals surface area contributed by atoms with Gasteiger partial charge in [0, 0.05) is 16.7 Å². The third kappa shape index (κ3) is 5.50. The maximum atomic E-state index is 5.30. The van der Waals surface area contributed by atoms with E-state index in [1.807, 2.05) is 24.3 Å². The van der Waals surface area contributed by atoms with E-state index in [-0.39, 0.29) is 0 Å². The Hall–Kier alpha value is -7.94. The van der Waals surface area contributed by atoms with Gasteiger partial charge in [-0.3, -0.25) is 0 Å². The minimum absolute atomic E-state index is 0.464. The third-order valence-electron chi connectivity index (χ3n) is 12.8. The van der Waals surface area contributed by atoms with E-state index in [4.69, 9.17) is 9.97 Å². The van der Waals surface area contributed by atoms with E-state index in [0.717, 1.165) is 28.1 Å². The van der Waals surface area contributed by atoms with Gasteiger partial charge in [-0.25, -0.2) is 9.97 Å². The molecule has 1 aliphatic carbocycles. The van der Waals surface area contributed by atoms with Crippen molar-refractivity contribution in [2.75, 3.05) is 0 Å². The second kappa shape index (κ2) is 14.1. The summed E-state index contributed by atoms with van der Waals surface area (Å²) in [6, 6.07) is 83.6. The van der Waals surface area contributed by atoms with E-state index in [9.17, 15) is 0 Å². The molecule has 0 aliphatic heterocycles. The Kier molecular flexibility index (Phi) is 8.11. The molecular weight excluding hydrogens is 737 g/mol. The Morgan fingerprint density at radius 2 is 0.787 bits per heavy atom. The Morgan fingerprint density at radius 3 is 1.51 bits per heavy atom. The minimum Gasteiger partial charge on any atom is -0.228 e. The maximum Gasteiger partial charge on any atom is 0.160 e. The summed E-state index contributed by atoms with van der Waals surface area (Å²) in [6.45, 7) is 0. The third-order valence-corrected chi connectivity index (χ3v) is 12.8. The van der Waals surface area contributed by atoms with Crippen LogP contribution < -0.4 is 0 Å². The molecule has 0 N–H and O–H groups in total. The van der Waals surface area contributed by atoms with Crippen molar-refractivity contribution in [3.05, 3.63) is 253 Å². The molecule has 1 aromatic heterocycles. The summed E-state index contributed by atoms with van der Waals surface area (Å²) < 4.78 is 0. The topological polar surface area (TPSA) is 25.8 Å². The Bertz CT molecular complexity index is 3350. The second-order valence-corrected chi connectivity index (χ2v) is 16.0. The molecule has 1 heterocycles. The van der Waals surface area contributed by atoms with E-state index >= 15 is 0 Å². The molecular formula is C59H38N2. The van der Waals surface area contributed by atoms with Crippen molar-refractivity contribution in [1.29, 1.82) is 0 Å². The summed E-state index contributed by atoms with van der Waals surface area (Å²) in [7, 11) is 0. The van der Waals surface area contributed by atoms with E-state index < -0.39 is 5.41 Å². The zero-order valence-electron chi connectivity index (χ0n) is 33.3. The summed E-state index contributed by atoms with van der Waals surface area (Å²) in [5.41, 5.74) is 14.6. The number of benzene rings is 10. The van der Waals surface area contributed by atoms with Gasteiger partial charge in [0.1, 0.15) is 0 Å². The molecule has 0 bridgehead atoms. The lowest BCUT2D eigenvalue weighted by molar-refractivity contribution is 0.769. The van der Waals surface area contributed by atoms with Gasteiger partial charge in [0.25, 0.3) is 0 Å². The highest BCUT2D eigenvalue weighted by Crippen LogP contribution is 2.57. The molecule has 0 unspecified atom stereocenters. The first-order valence-corrected chi connectivity index (χ1v) is 21.0. The lowest BCUT2D eigenvalue weighted by Crippen LogP contribution is -2.28. The zero-order valence-corrected chi connectivity index (χ0v) is 33.3. The fourth-order valence-electron chi connectivity index (χ4n) is 10.1. The summed E-state index contributed by atoms with van der Waals surface area (Å²) >= 11 is 0.